The second-order valence-corrected chi connectivity index (χ2v) is 10.3. The molecular formula is C29H43NO8. The Kier molecular flexibility index (Phi) is 12.5. The number of nitrogens with one attached hydrogen (secondary N) is 1. The lowest BCUT2D eigenvalue weighted by Crippen LogP contribution is -2.48. The molecule has 1 aromatic carbocycles. The Morgan fingerprint density at radius 1 is 1.05 bits per heavy atom. The summed E-state index contributed by atoms with van der Waals surface area (Å²) in [6, 6.07) is 7.53. The summed E-state index contributed by atoms with van der Waals surface area (Å²) in [5.41, 5.74) is 1.33. The smallest absolute Gasteiger partial charge is 0.340 e. The third-order valence-electron chi connectivity index (χ3n) is 7.10. The van der Waals surface area contributed by atoms with Crippen LogP contribution in [0.4, 0.5) is 0 Å². The Bertz CT molecular complexity index is 992. The Morgan fingerprint density at radius 2 is 1.71 bits per heavy atom. The van der Waals surface area contributed by atoms with Gasteiger partial charge in [0, 0.05) is 30.1 Å². The molecule has 1 aromatic heterocycles. The van der Waals surface area contributed by atoms with E-state index < -0.39 is 42.6 Å². The number of carboxylic acids is 1. The topological polar surface area (TPSA) is 138 Å². The van der Waals surface area contributed by atoms with E-state index in [1.54, 1.807) is 6.20 Å². The number of H-pyrrole nitrogens is 1. The molecule has 0 spiro atoms. The van der Waals surface area contributed by atoms with Crippen molar-refractivity contribution < 1.29 is 39.1 Å². The molecular weight excluding hydrogens is 490 g/mol. The van der Waals surface area contributed by atoms with Gasteiger partial charge in [0.05, 0.1) is 24.2 Å². The van der Waals surface area contributed by atoms with Gasteiger partial charge in [0.1, 0.15) is 12.2 Å². The summed E-state index contributed by atoms with van der Waals surface area (Å²) in [5, 5.41) is 29.5. The second kappa shape index (κ2) is 15.8. The van der Waals surface area contributed by atoms with Gasteiger partial charge in [0.15, 0.2) is 6.29 Å². The largest absolute Gasteiger partial charge is 0.481 e. The number of para-hydroxylation sites is 1. The van der Waals surface area contributed by atoms with E-state index in [9.17, 15) is 19.8 Å². The molecule has 0 radical (unpaired) electrons. The SMILES string of the molecule is CC1OC(OCCCCCCCCCCCC(O)CC(=O)O)C(O)CC1OC(=O)c1c[nH]c2ccccc12. The highest BCUT2D eigenvalue weighted by atomic mass is 16.7. The summed E-state index contributed by atoms with van der Waals surface area (Å²) in [7, 11) is 0. The first-order valence-corrected chi connectivity index (χ1v) is 14.0. The lowest BCUT2D eigenvalue weighted by Gasteiger charge is -2.37. The second-order valence-electron chi connectivity index (χ2n) is 10.3. The molecule has 5 atom stereocenters. The van der Waals surface area contributed by atoms with E-state index in [0.29, 0.717) is 18.6 Å². The van der Waals surface area contributed by atoms with Gasteiger partial charge in [-0.2, -0.15) is 0 Å². The Labute approximate surface area is 224 Å². The summed E-state index contributed by atoms with van der Waals surface area (Å²) in [6.45, 7) is 2.33. The van der Waals surface area contributed by atoms with Crippen LogP contribution in [0.2, 0.25) is 0 Å². The van der Waals surface area contributed by atoms with E-state index in [0.717, 1.165) is 62.3 Å². The van der Waals surface area contributed by atoms with Crippen LogP contribution in [-0.4, -0.2) is 69.6 Å². The summed E-state index contributed by atoms with van der Waals surface area (Å²) >= 11 is 0. The summed E-state index contributed by atoms with van der Waals surface area (Å²) in [5.74, 6) is -1.39. The maximum Gasteiger partial charge on any atom is 0.340 e. The molecule has 38 heavy (non-hydrogen) atoms. The number of aliphatic carboxylic acids is 1. The van der Waals surface area contributed by atoms with Crippen LogP contribution in [0.5, 0.6) is 0 Å². The van der Waals surface area contributed by atoms with Crippen molar-refractivity contribution in [2.45, 2.75) is 115 Å². The summed E-state index contributed by atoms with van der Waals surface area (Å²) < 4.78 is 17.3. The average Bonchev–Trinajstić information content (AvgIpc) is 3.31. The van der Waals surface area contributed by atoms with Crippen LogP contribution < -0.4 is 0 Å². The fourth-order valence-electron chi connectivity index (χ4n) is 4.89. The molecule has 0 amide bonds. The third kappa shape index (κ3) is 9.69. The summed E-state index contributed by atoms with van der Waals surface area (Å²) in [4.78, 5) is 26.3. The lowest BCUT2D eigenvalue weighted by atomic mass is 10.0. The first-order chi connectivity index (χ1) is 18.3. The minimum Gasteiger partial charge on any atom is -0.481 e. The Balaban J connectivity index is 1.22. The number of esters is 1. The molecule has 2 heterocycles. The number of aliphatic hydroxyl groups excluding tert-OH is 2. The fraction of sp³-hybridized carbons (Fsp3) is 0.655. The number of benzene rings is 1. The number of aromatic amines is 1. The molecule has 5 unspecified atom stereocenters. The van der Waals surface area contributed by atoms with Crippen LogP contribution in [0.3, 0.4) is 0 Å². The number of rotatable bonds is 17. The van der Waals surface area contributed by atoms with Crippen molar-refractivity contribution in [1.82, 2.24) is 4.98 Å². The number of unbranched alkanes of at least 4 members (excludes halogenated alkanes) is 8. The molecule has 3 rings (SSSR count). The number of carboxylic acid groups (broad SMARTS) is 1. The molecule has 1 aliphatic rings. The van der Waals surface area contributed by atoms with Crippen molar-refractivity contribution >= 4 is 22.8 Å². The molecule has 1 aliphatic heterocycles. The number of fused-ring (bicyclic) bond motifs is 1. The molecule has 1 fully saturated rings. The zero-order valence-electron chi connectivity index (χ0n) is 22.3. The normalized spacial score (nSPS) is 22.4. The number of ether oxygens (including phenoxy) is 3. The van der Waals surface area contributed by atoms with Crippen molar-refractivity contribution in [1.29, 1.82) is 0 Å². The quantitative estimate of drug-likeness (QED) is 0.166. The van der Waals surface area contributed by atoms with Crippen molar-refractivity contribution in [3.63, 3.8) is 0 Å². The summed E-state index contributed by atoms with van der Waals surface area (Å²) in [6.07, 6.45) is 8.56. The van der Waals surface area contributed by atoms with Crippen LogP contribution in [0.25, 0.3) is 10.9 Å². The lowest BCUT2D eigenvalue weighted by molar-refractivity contribution is -0.260. The molecule has 0 aliphatic carbocycles. The predicted molar refractivity (Wildman–Crippen MR) is 143 cm³/mol. The number of aromatic nitrogens is 1. The third-order valence-corrected chi connectivity index (χ3v) is 7.10. The van der Waals surface area contributed by atoms with Crippen LogP contribution in [0.15, 0.2) is 30.5 Å². The van der Waals surface area contributed by atoms with E-state index in [1.165, 1.54) is 6.42 Å². The monoisotopic (exact) mass is 533 g/mol. The van der Waals surface area contributed by atoms with Gasteiger partial charge in [-0.3, -0.25) is 4.79 Å². The van der Waals surface area contributed by atoms with Crippen LogP contribution in [0.1, 0.15) is 94.3 Å². The fourth-order valence-corrected chi connectivity index (χ4v) is 4.89. The molecule has 1 saturated heterocycles. The molecule has 212 valence electrons. The zero-order chi connectivity index (χ0) is 27.3. The maximum atomic E-state index is 12.7. The van der Waals surface area contributed by atoms with E-state index in [-0.39, 0.29) is 12.8 Å². The molecule has 9 nitrogen and oxygen atoms in total. The molecule has 9 heteroatoms. The molecule has 2 aromatic rings. The average molecular weight is 534 g/mol. The molecule has 0 bridgehead atoms. The van der Waals surface area contributed by atoms with Crippen molar-refractivity contribution in [3.8, 4) is 0 Å². The first-order valence-electron chi connectivity index (χ1n) is 14.0. The number of carbonyl (C=O) groups is 2. The first kappa shape index (κ1) is 30.1. The Hall–Kier alpha value is -2.46. The maximum absolute atomic E-state index is 12.7. The van der Waals surface area contributed by atoms with Gasteiger partial charge in [0.25, 0.3) is 0 Å². The van der Waals surface area contributed by atoms with Gasteiger partial charge in [-0.1, -0.05) is 69.6 Å². The van der Waals surface area contributed by atoms with Crippen molar-refractivity contribution in [2.75, 3.05) is 6.61 Å². The van der Waals surface area contributed by atoms with Crippen LogP contribution >= 0.6 is 0 Å². The minimum absolute atomic E-state index is 0.170. The zero-order valence-corrected chi connectivity index (χ0v) is 22.3. The van der Waals surface area contributed by atoms with Crippen LogP contribution in [-0.2, 0) is 19.0 Å². The van der Waals surface area contributed by atoms with Gasteiger partial charge in [-0.25, -0.2) is 4.79 Å². The Morgan fingerprint density at radius 3 is 2.42 bits per heavy atom. The van der Waals surface area contributed by atoms with Gasteiger partial charge in [-0.15, -0.1) is 0 Å². The molecule has 4 N–H and O–H groups in total. The van der Waals surface area contributed by atoms with E-state index in [2.05, 4.69) is 4.98 Å². The van der Waals surface area contributed by atoms with Crippen molar-refractivity contribution in [2.24, 2.45) is 0 Å². The van der Waals surface area contributed by atoms with E-state index >= 15 is 0 Å². The van der Waals surface area contributed by atoms with Crippen LogP contribution in [0, 0.1) is 0 Å². The number of aliphatic hydroxyl groups is 2. The highest BCUT2D eigenvalue weighted by Gasteiger charge is 2.38. The van der Waals surface area contributed by atoms with Gasteiger partial charge >= 0.3 is 11.9 Å². The number of hydrogen-bond acceptors (Lipinski definition) is 7. The highest BCUT2D eigenvalue weighted by molar-refractivity contribution is 6.04. The predicted octanol–water partition coefficient (Wildman–Crippen LogP) is 4.94. The molecule has 0 saturated carbocycles. The highest BCUT2D eigenvalue weighted by Crippen LogP contribution is 2.26. The van der Waals surface area contributed by atoms with E-state index in [4.69, 9.17) is 19.3 Å². The minimum atomic E-state index is -0.950. The number of hydrogen-bond donors (Lipinski definition) is 4. The van der Waals surface area contributed by atoms with Gasteiger partial charge in [-0.05, 0) is 25.8 Å². The van der Waals surface area contributed by atoms with E-state index in [1.807, 2.05) is 31.2 Å². The van der Waals surface area contributed by atoms with Gasteiger partial charge in [0.2, 0.25) is 0 Å². The number of carbonyl (C=O) groups excluding carboxylic acids is 1. The van der Waals surface area contributed by atoms with Crippen molar-refractivity contribution in [3.05, 3.63) is 36.0 Å². The standard InChI is InChI=1S/C29H43NO8/c1-20-26(38-28(35)23-19-30-24-15-11-10-14-22(23)24)18-25(32)29(37-20)36-16-12-8-6-4-2-3-5-7-9-13-21(31)17-27(33)34/h10-11,14-15,19-21,25-26,29-32H,2-9,12-13,16-18H2,1H3,(H,33,34). The van der Waals surface area contributed by atoms with Gasteiger partial charge < -0.3 is 34.5 Å².